The van der Waals surface area contributed by atoms with Crippen molar-refractivity contribution >= 4 is 10.0 Å². The Hall–Kier alpha value is -1.69. The van der Waals surface area contributed by atoms with Crippen LogP contribution in [0.1, 0.15) is 28.5 Å². The van der Waals surface area contributed by atoms with Crippen molar-refractivity contribution in [2.75, 3.05) is 0 Å². The number of hydrogen-bond donors (Lipinski definition) is 0. The zero-order chi connectivity index (χ0) is 15.2. The minimum absolute atomic E-state index is 0.249. The number of sulfonamides is 1. The molecule has 21 heavy (non-hydrogen) atoms. The third kappa shape index (κ3) is 2.60. The third-order valence-corrected chi connectivity index (χ3v) is 5.34. The Morgan fingerprint density at radius 1 is 0.952 bits per heavy atom. The molecule has 0 aliphatic carbocycles. The van der Waals surface area contributed by atoms with Gasteiger partial charge in [-0.25, -0.2) is 8.42 Å². The van der Waals surface area contributed by atoms with Crippen LogP contribution < -0.4 is 0 Å². The Morgan fingerprint density at radius 3 is 2.24 bits per heavy atom. The summed E-state index contributed by atoms with van der Waals surface area (Å²) >= 11 is 0. The Balaban J connectivity index is 1.86. The molecule has 2 aromatic rings. The minimum Gasteiger partial charge on any atom is -0.253 e. The Kier molecular flexibility index (Phi) is 3.36. The summed E-state index contributed by atoms with van der Waals surface area (Å²) in [7, 11) is -3.59. The molecule has 2 atom stereocenters. The van der Waals surface area contributed by atoms with E-state index in [9.17, 15) is 8.42 Å². The van der Waals surface area contributed by atoms with Gasteiger partial charge < -0.3 is 0 Å². The molecule has 0 aromatic heterocycles. The predicted molar refractivity (Wildman–Crippen MR) is 79.9 cm³/mol. The van der Waals surface area contributed by atoms with Gasteiger partial charge in [0.05, 0.1) is 4.90 Å². The number of hydrogen-bond acceptors (Lipinski definition) is 3. The number of rotatable bonds is 3. The van der Waals surface area contributed by atoms with Gasteiger partial charge in [-0.3, -0.25) is 4.84 Å². The molecule has 1 heterocycles. The summed E-state index contributed by atoms with van der Waals surface area (Å²) in [6.45, 7) is 5.94. The van der Waals surface area contributed by atoms with Crippen LogP contribution in [0.2, 0.25) is 0 Å². The monoisotopic (exact) mass is 303 g/mol. The zero-order valence-corrected chi connectivity index (χ0v) is 13.0. The van der Waals surface area contributed by atoms with E-state index in [0.29, 0.717) is 0 Å². The molecular weight excluding hydrogens is 286 g/mol. The molecule has 0 amide bonds. The summed E-state index contributed by atoms with van der Waals surface area (Å²) in [6.07, 6.45) is -0.518. The highest BCUT2D eigenvalue weighted by molar-refractivity contribution is 7.89. The number of nitrogens with zero attached hydrogens (tertiary/aromatic N) is 1. The van der Waals surface area contributed by atoms with Gasteiger partial charge in [0.2, 0.25) is 0 Å². The average Bonchev–Trinajstić information content (AvgIpc) is 3.23. The lowest BCUT2D eigenvalue weighted by Gasteiger charge is -2.04. The summed E-state index contributed by atoms with van der Waals surface area (Å²) in [6, 6.07) is 12.6. The maximum absolute atomic E-state index is 12.4. The molecular formula is C16H17NO3S. The zero-order valence-electron chi connectivity index (χ0n) is 12.2. The first-order valence-corrected chi connectivity index (χ1v) is 8.18. The van der Waals surface area contributed by atoms with Gasteiger partial charge in [0.15, 0.2) is 6.23 Å². The second-order valence-corrected chi connectivity index (χ2v) is 7.16. The van der Waals surface area contributed by atoms with E-state index in [1.807, 2.05) is 39.0 Å². The second kappa shape index (κ2) is 4.94. The molecule has 110 valence electrons. The molecule has 1 aliphatic heterocycles. The van der Waals surface area contributed by atoms with E-state index in [0.717, 1.165) is 21.2 Å². The molecule has 3 rings (SSSR count). The molecule has 0 saturated carbocycles. The Morgan fingerprint density at radius 2 is 1.62 bits per heavy atom. The van der Waals surface area contributed by atoms with Crippen LogP contribution in [-0.4, -0.2) is 12.9 Å². The van der Waals surface area contributed by atoms with E-state index < -0.39 is 16.3 Å². The maximum atomic E-state index is 12.4. The number of aryl methyl sites for hydroxylation is 3. The van der Waals surface area contributed by atoms with Gasteiger partial charge in [-0.15, -0.1) is 0 Å². The smallest absolute Gasteiger partial charge is 0.253 e. The van der Waals surface area contributed by atoms with Gasteiger partial charge in [-0.05, 0) is 48.5 Å². The van der Waals surface area contributed by atoms with Crippen LogP contribution in [0.5, 0.6) is 0 Å². The van der Waals surface area contributed by atoms with E-state index in [4.69, 9.17) is 4.84 Å². The fourth-order valence-corrected chi connectivity index (χ4v) is 3.43. The predicted octanol–water partition coefficient (Wildman–Crippen LogP) is 3.25. The normalized spacial score (nSPS) is 21.3. The summed E-state index contributed by atoms with van der Waals surface area (Å²) in [5.74, 6) is 0. The van der Waals surface area contributed by atoms with E-state index >= 15 is 0 Å². The van der Waals surface area contributed by atoms with Crippen molar-refractivity contribution in [1.82, 2.24) is 4.47 Å². The van der Waals surface area contributed by atoms with Crippen LogP contribution in [0.25, 0.3) is 0 Å². The fourth-order valence-electron chi connectivity index (χ4n) is 2.17. The number of benzene rings is 2. The molecule has 0 radical (unpaired) electrons. The summed E-state index contributed by atoms with van der Waals surface area (Å²) in [5.41, 5.74) is 4.17. The van der Waals surface area contributed by atoms with E-state index in [1.54, 1.807) is 24.3 Å². The van der Waals surface area contributed by atoms with E-state index in [1.165, 1.54) is 5.56 Å². The molecule has 5 heteroatoms. The van der Waals surface area contributed by atoms with Gasteiger partial charge in [0.25, 0.3) is 10.0 Å². The highest BCUT2D eigenvalue weighted by atomic mass is 32.2. The number of hydroxylamine groups is 1. The van der Waals surface area contributed by atoms with Gasteiger partial charge in [-0.2, -0.15) is 0 Å². The first-order valence-electron chi connectivity index (χ1n) is 6.74. The van der Waals surface area contributed by atoms with Gasteiger partial charge in [-0.1, -0.05) is 35.9 Å². The van der Waals surface area contributed by atoms with E-state index in [2.05, 4.69) is 0 Å². The summed E-state index contributed by atoms with van der Waals surface area (Å²) < 4.78 is 25.9. The van der Waals surface area contributed by atoms with Crippen LogP contribution in [0.4, 0.5) is 0 Å². The van der Waals surface area contributed by atoms with Crippen molar-refractivity contribution in [3.8, 4) is 0 Å². The molecule has 1 saturated heterocycles. The van der Waals surface area contributed by atoms with Crippen LogP contribution in [0.15, 0.2) is 47.4 Å². The van der Waals surface area contributed by atoms with Crippen molar-refractivity contribution in [2.45, 2.75) is 31.9 Å². The molecule has 0 N–H and O–H groups in total. The van der Waals surface area contributed by atoms with Crippen molar-refractivity contribution in [1.29, 1.82) is 0 Å². The lowest BCUT2D eigenvalue weighted by Crippen LogP contribution is -2.12. The Labute approximate surface area is 125 Å². The molecule has 0 spiro atoms. The quantitative estimate of drug-likeness (QED) is 0.818. The molecule has 1 fully saturated rings. The first-order chi connectivity index (χ1) is 9.89. The third-order valence-electron chi connectivity index (χ3n) is 3.72. The lowest BCUT2D eigenvalue weighted by atomic mass is 10.1. The molecule has 1 unspecified atom stereocenters. The van der Waals surface area contributed by atoms with Crippen molar-refractivity contribution in [3.05, 3.63) is 64.7 Å². The highest BCUT2D eigenvalue weighted by Gasteiger charge is 2.48. The largest absolute Gasteiger partial charge is 0.267 e. The van der Waals surface area contributed by atoms with Gasteiger partial charge in [0.1, 0.15) is 0 Å². The molecule has 2 aromatic carbocycles. The average molecular weight is 303 g/mol. The minimum atomic E-state index is -3.59. The maximum Gasteiger partial charge on any atom is 0.267 e. The second-order valence-electron chi connectivity index (χ2n) is 5.37. The summed E-state index contributed by atoms with van der Waals surface area (Å²) in [5, 5.41) is 0. The van der Waals surface area contributed by atoms with Crippen LogP contribution in [0, 0.1) is 20.8 Å². The van der Waals surface area contributed by atoms with Gasteiger partial charge in [0, 0.05) is 5.56 Å². The lowest BCUT2D eigenvalue weighted by molar-refractivity contribution is 0.283. The van der Waals surface area contributed by atoms with Crippen molar-refractivity contribution in [2.24, 2.45) is 0 Å². The summed E-state index contributed by atoms with van der Waals surface area (Å²) in [4.78, 5) is 5.54. The van der Waals surface area contributed by atoms with Crippen LogP contribution >= 0.6 is 0 Å². The van der Waals surface area contributed by atoms with Crippen molar-refractivity contribution < 1.29 is 13.3 Å². The molecule has 1 aliphatic rings. The van der Waals surface area contributed by atoms with Gasteiger partial charge >= 0.3 is 0 Å². The fraction of sp³-hybridized carbons (Fsp3) is 0.250. The topological polar surface area (TPSA) is 49.7 Å². The SMILES string of the molecule is Cc1ccc(S(=O)(=O)N2O[C@H]2c2ccc(C)c(C)c2)cc1. The first kappa shape index (κ1) is 14.3. The molecule has 0 bridgehead atoms. The highest BCUT2D eigenvalue weighted by Crippen LogP contribution is 2.42. The molecule has 4 nitrogen and oxygen atoms in total. The Bertz CT molecular complexity index is 782. The standard InChI is InChI=1S/C16H17NO3S/c1-11-4-8-15(9-5-11)21(18,19)17-16(20-17)14-7-6-12(2)13(3)10-14/h4-10,16H,1-3H3/t16-,17?/m0/s1. The van der Waals surface area contributed by atoms with Crippen LogP contribution in [0.3, 0.4) is 0 Å². The van der Waals surface area contributed by atoms with Crippen molar-refractivity contribution in [3.63, 3.8) is 0 Å². The van der Waals surface area contributed by atoms with E-state index in [-0.39, 0.29) is 4.90 Å². The van der Waals surface area contributed by atoms with Crippen LogP contribution in [-0.2, 0) is 14.9 Å².